The Morgan fingerprint density at radius 2 is 1.56 bits per heavy atom. The van der Waals surface area contributed by atoms with Gasteiger partial charge in [-0.05, 0) is 36.2 Å². The molecule has 1 saturated heterocycles. The molecule has 0 aliphatic carbocycles. The average molecular weight is 343 g/mol. The maximum Gasteiger partial charge on any atom is 0.120 e. The second-order valence-electron chi connectivity index (χ2n) is 6.32. The highest BCUT2D eigenvalue weighted by Crippen LogP contribution is 2.19. The molecule has 1 aliphatic rings. The normalized spacial score (nSPS) is 21.0. The van der Waals surface area contributed by atoms with Crippen LogP contribution < -0.4 is 9.47 Å². The van der Waals surface area contributed by atoms with Crippen LogP contribution >= 0.6 is 0 Å². The van der Waals surface area contributed by atoms with Gasteiger partial charge in [0, 0.05) is 19.6 Å². The summed E-state index contributed by atoms with van der Waals surface area (Å²) in [5, 5.41) is 19.2. The van der Waals surface area contributed by atoms with Crippen molar-refractivity contribution in [2.24, 2.45) is 0 Å². The molecular formula is C20H25NO4. The van der Waals surface area contributed by atoms with Gasteiger partial charge in [0.15, 0.2) is 0 Å². The molecule has 0 radical (unpaired) electrons. The molecule has 2 N–H and O–H groups in total. The van der Waals surface area contributed by atoms with Crippen LogP contribution in [0.5, 0.6) is 11.5 Å². The minimum atomic E-state index is -0.658. The summed E-state index contributed by atoms with van der Waals surface area (Å²) in [4.78, 5) is 2.11. The van der Waals surface area contributed by atoms with E-state index in [0.717, 1.165) is 30.2 Å². The van der Waals surface area contributed by atoms with Crippen molar-refractivity contribution in [2.45, 2.75) is 25.2 Å². The Morgan fingerprint density at radius 1 is 0.880 bits per heavy atom. The maximum absolute atomic E-state index is 9.68. The second kappa shape index (κ2) is 8.85. The van der Waals surface area contributed by atoms with Crippen molar-refractivity contribution < 1.29 is 19.7 Å². The van der Waals surface area contributed by atoms with Crippen LogP contribution in [0.4, 0.5) is 0 Å². The number of hydrogen-bond acceptors (Lipinski definition) is 5. The summed E-state index contributed by atoms with van der Waals surface area (Å²) in [6.07, 6.45) is -0.648. The molecule has 1 fully saturated rings. The van der Waals surface area contributed by atoms with Crippen LogP contribution in [0.1, 0.15) is 12.0 Å². The first kappa shape index (κ1) is 17.7. The number of benzene rings is 2. The summed E-state index contributed by atoms with van der Waals surface area (Å²) >= 11 is 0. The molecule has 2 atom stereocenters. The van der Waals surface area contributed by atoms with E-state index in [4.69, 9.17) is 9.47 Å². The largest absolute Gasteiger partial charge is 0.492 e. The van der Waals surface area contributed by atoms with Gasteiger partial charge in [-0.3, -0.25) is 4.90 Å². The third-order valence-corrected chi connectivity index (χ3v) is 4.38. The second-order valence-corrected chi connectivity index (χ2v) is 6.32. The minimum Gasteiger partial charge on any atom is -0.492 e. The number of ether oxygens (including phenoxy) is 2. The van der Waals surface area contributed by atoms with Crippen LogP contribution in [0.2, 0.25) is 0 Å². The van der Waals surface area contributed by atoms with Crippen molar-refractivity contribution in [1.29, 1.82) is 0 Å². The van der Waals surface area contributed by atoms with Crippen molar-refractivity contribution in [3.8, 4) is 11.5 Å². The highest BCUT2D eigenvalue weighted by Gasteiger charge is 2.25. The van der Waals surface area contributed by atoms with Gasteiger partial charge >= 0.3 is 0 Å². The van der Waals surface area contributed by atoms with E-state index in [1.54, 1.807) is 0 Å². The van der Waals surface area contributed by atoms with Crippen LogP contribution in [0.3, 0.4) is 0 Å². The highest BCUT2D eigenvalue weighted by molar-refractivity contribution is 5.31. The highest BCUT2D eigenvalue weighted by atomic mass is 16.5. The van der Waals surface area contributed by atoms with E-state index < -0.39 is 12.2 Å². The Bertz CT molecular complexity index is 632. The fourth-order valence-corrected chi connectivity index (χ4v) is 2.85. The third kappa shape index (κ3) is 5.46. The molecule has 0 amide bonds. The van der Waals surface area contributed by atoms with Crippen molar-refractivity contribution in [2.75, 3.05) is 26.2 Å². The predicted octanol–water partition coefficient (Wildman–Crippen LogP) is 2.07. The molecule has 0 aromatic heterocycles. The number of hydrogen-bond donors (Lipinski definition) is 2. The number of aliphatic hydroxyl groups excluding tert-OH is 2. The first-order valence-electron chi connectivity index (χ1n) is 8.69. The monoisotopic (exact) mass is 343 g/mol. The van der Waals surface area contributed by atoms with Crippen molar-refractivity contribution in [3.63, 3.8) is 0 Å². The van der Waals surface area contributed by atoms with Gasteiger partial charge in [0.25, 0.3) is 0 Å². The van der Waals surface area contributed by atoms with Gasteiger partial charge in [-0.25, -0.2) is 0 Å². The molecule has 2 unspecified atom stereocenters. The molecular weight excluding hydrogens is 318 g/mol. The van der Waals surface area contributed by atoms with Crippen LogP contribution in [0.25, 0.3) is 0 Å². The van der Waals surface area contributed by atoms with Crippen LogP contribution in [-0.2, 0) is 6.61 Å². The topological polar surface area (TPSA) is 62.2 Å². The lowest BCUT2D eigenvalue weighted by Gasteiger charge is -2.33. The molecule has 2 aromatic rings. The lowest BCUT2D eigenvalue weighted by atomic mass is 10.1. The number of likely N-dealkylation sites (tertiary alicyclic amines) is 1. The summed E-state index contributed by atoms with van der Waals surface area (Å²) in [5.74, 6) is 1.61. The van der Waals surface area contributed by atoms with Crippen LogP contribution in [0.15, 0.2) is 54.6 Å². The summed E-state index contributed by atoms with van der Waals surface area (Å²) in [7, 11) is 0. The number of rotatable bonds is 7. The maximum atomic E-state index is 9.68. The third-order valence-electron chi connectivity index (χ3n) is 4.38. The van der Waals surface area contributed by atoms with E-state index in [1.165, 1.54) is 0 Å². The minimum absolute atomic E-state index is 0.497. The molecule has 5 nitrogen and oxygen atoms in total. The summed E-state index contributed by atoms with van der Waals surface area (Å²) in [5.41, 5.74) is 1.14. The van der Waals surface area contributed by atoms with Crippen molar-refractivity contribution in [1.82, 2.24) is 4.90 Å². The molecule has 0 saturated carbocycles. The Balaban J connectivity index is 1.39. The number of piperidine rings is 1. The van der Waals surface area contributed by atoms with E-state index in [0.29, 0.717) is 26.2 Å². The van der Waals surface area contributed by atoms with E-state index in [9.17, 15) is 10.2 Å². The number of aliphatic hydroxyl groups is 2. The fraction of sp³-hybridized carbons (Fsp3) is 0.400. The molecule has 1 aliphatic heterocycles. The van der Waals surface area contributed by atoms with Gasteiger partial charge < -0.3 is 19.7 Å². The van der Waals surface area contributed by atoms with E-state index in [1.807, 2.05) is 54.6 Å². The lowest BCUT2D eigenvalue weighted by molar-refractivity contribution is -0.0402. The zero-order valence-electron chi connectivity index (χ0n) is 14.3. The van der Waals surface area contributed by atoms with E-state index in [2.05, 4.69) is 4.90 Å². The molecule has 25 heavy (non-hydrogen) atoms. The molecule has 3 rings (SSSR count). The Hall–Kier alpha value is -2.08. The fourth-order valence-electron chi connectivity index (χ4n) is 2.85. The van der Waals surface area contributed by atoms with E-state index >= 15 is 0 Å². The molecule has 1 heterocycles. The summed E-state index contributed by atoms with van der Waals surface area (Å²) < 4.78 is 11.5. The van der Waals surface area contributed by atoms with Crippen molar-refractivity contribution in [3.05, 3.63) is 60.2 Å². The number of nitrogens with zero attached hydrogens (tertiary/aromatic N) is 1. The molecule has 0 bridgehead atoms. The van der Waals surface area contributed by atoms with Gasteiger partial charge in [-0.1, -0.05) is 30.3 Å². The first-order chi connectivity index (χ1) is 12.2. The average Bonchev–Trinajstić information content (AvgIpc) is 2.65. The SMILES string of the molecule is OC1CCN(CCOc2ccc(OCc3ccccc3)cc2)CC1O. The number of β-amino-alcohol motifs (C(OH)–C–C–N with tert-alkyl or cyclic N) is 1. The standard InChI is InChI=1S/C20H25NO4/c22-19-10-11-21(14-20(19)23)12-13-24-17-6-8-18(9-7-17)25-15-16-4-2-1-3-5-16/h1-9,19-20,22-23H,10-15H2. The lowest BCUT2D eigenvalue weighted by Crippen LogP contribution is -2.47. The van der Waals surface area contributed by atoms with Gasteiger partial charge in [-0.2, -0.15) is 0 Å². The van der Waals surface area contributed by atoms with Crippen molar-refractivity contribution >= 4 is 0 Å². The molecule has 5 heteroatoms. The Kier molecular flexibility index (Phi) is 6.28. The Morgan fingerprint density at radius 3 is 2.24 bits per heavy atom. The zero-order chi connectivity index (χ0) is 17.5. The predicted molar refractivity (Wildman–Crippen MR) is 95.8 cm³/mol. The molecule has 134 valence electrons. The van der Waals surface area contributed by atoms with Crippen LogP contribution in [-0.4, -0.2) is 53.6 Å². The summed E-state index contributed by atoms with van der Waals surface area (Å²) in [6.45, 7) is 3.11. The van der Waals surface area contributed by atoms with E-state index in [-0.39, 0.29) is 0 Å². The Labute approximate surface area is 148 Å². The molecule has 0 spiro atoms. The smallest absolute Gasteiger partial charge is 0.120 e. The first-order valence-corrected chi connectivity index (χ1v) is 8.69. The van der Waals surface area contributed by atoms with Crippen LogP contribution in [0, 0.1) is 0 Å². The van der Waals surface area contributed by atoms with Gasteiger partial charge in [0.05, 0.1) is 12.2 Å². The zero-order valence-corrected chi connectivity index (χ0v) is 14.3. The molecule has 2 aromatic carbocycles. The van der Waals surface area contributed by atoms with Gasteiger partial charge in [0.1, 0.15) is 24.7 Å². The summed E-state index contributed by atoms with van der Waals surface area (Å²) in [6, 6.07) is 17.7. The van der Waals surface area contributed by atoms with Gasteiger partial charge in [0.2, 0.25) is 0 Å². The van der Waals surface area contributed by atoms with Gasteiger partial charge in [-0.15, -0.1) is 0 Å². The quantitative estimate of drug-likeness (QED) is 0.806.